The minimum atomic E-state index is 0.832. The molecular weight excluding hydrogens is 242 g/mol. The Kier molecular flexibility index (Phi) is 4.39. The fourth-order valence-corrected chi connectivity index (χ4v) is 2.50. The summed E-state index contributed by atoms with van der Waals surface area (Å²) < 4.78 is 1.95. The molecule has 0 aliphatic carbocycles. The Labute approximate surface area is 104 Å². The number of hydrogen-bond acceptors (Lipinski definition) is 3. The quantitative estimate of drug-likeness (QED) is 0.805. The minimum absolute atomic E-state index is 0.832. The van der Waals surface area contributed by atoms with E-state index in [1.54, 1.807) is 17.5 Å². The second kappa shape index (κ2) is 6.03. The first-order valence-corrected chi connectivity index (χ1v) is 6.51. The van der Waals surface area contributed by atoms with Crippen molar-refractivity contribution in [1.82, 2.24) is 15.1 Å². The average molecular weight is 256 g/mol. The maximum atomic E-state index is 5.84. The van der Waals surface area contributed by atoms with Crippen molar-refractivity contribution in [3.63, 3.8) is 0 Å². The van der Waals surface area contributed by atoms with Crippen LogP contribution < -0.4 is 5.32 Å². The molecule has 2 aromatic rings. The molecular formula is C11H14ClN3S. The third-order valence-corrected chi connectivity index (χ3v) is 3.51. The number of nitrogens with one attached hydrogen (secondary N) is 1. The zero-order valence-electron chi connectivity index (χ0n) is 8.90. The Hall–Kier alpha value is -0.840. The molecule has 16 heavy (non-hydrogen) atoms. The molecule has 2 rings (SSSR count). The van der Waals surface area contributed by atoms with Crippen molar-refractivity contribution in [2.45, 2.75) is 19.5 Å². The van der Waals surface area contributed by atoms with Gasteiger partial charge in [0.15, 0.2) is 0 Å². The molecule has 0 bridgehead atoms. The highest BCUT2D eigenvalue weighted by Gasteiger charge is 1.97. The van der Waals surface area contributed by atoms with Crippen molar-refractivity contribution in [1.29, 1.82) is 0 Å². The van der Waals surface area contributed by atoms with E-state index in [1.165, 1.54) is 4.88 Å². The standard InChI is InChI=1S/C11H14ClN3S/c12-10-7-11(16-9-10)8-13-3-1-5-15-6-2-4-14-15/h2,4,6-7,9,13H,1,3,5,8H2. The molecule has 0 aliphatic heterocycles. The summed E-state index contributed by atoms with van der Waals surface area (Å²) in [6.45, 7) is 2.86. The van der Waals surface area contributed by atoms with Gasteiger partial charge >= 0.3 is 0 Å². The number of aromatic nitrogens is 2. The summed E-state index contributed by atoms with van der Waals surface area (Å²) in [5, 5.41) is 10.3. The lowest BCUT2D eigenvalue weighted by atomic mass is 10.4. The van der Waals surface area contributed by atoms with Crippen LogP contribution in [0, 0.1) is 0 Å². The fraction of sp³-hybridized carbons (Fsp3) is 0.364. The van der Waals surface area contributed by atoms with Gasteiger partial charge in [-0.15, -0.1) is 11.3 Å². The Morgan fingerprint density at radius 3 is 3.12 bits per heavy atom. The average Bonchev–Trinajstić information content (AvgIpc) is 2.89. The zero-order valence-corrected chi connectivity index (χ0v) is 10.5. The highest BCUT2D eigenvalue weighted by Crippen LogP contribution is 2.18. The van der Waals surface area contributed by atoms with Gasteiger partial charge in [-0.25, -0.2) is 0 Å². The van der Waals surface area contributed by atoms with Crippen LogP contribution in [-0.4, -0.2) is 16.3 Å². The van der Waals surface area contributed by atoms with Gasteiger partial charge in [-0.1, -0.05) is 11.6 Å². The van der Waals surface area contributed by atoms with Crippen molar-refractivity contribution in [3.8, 4) is 0 Å². The summed E-state index contributed by atoms with van der Waals surface area (Å²) in [7, 11) is 0. The summed E-state index contributed by atoms with van der Waals surface area (Å²) in [6, 6.07) is 3.95. The molecule has 2 aromatic heterocycles. The molecule has 0 aliphatic rings. The van der Waals surface area contributed by atoms with Gasteiger partial charge in [0.2, 0.25) is 0 Å². The van der Waals surface area contributed by atoms with E-state index in [0.29, 0.717) is 0 Å². The summed E-state index contributed by atoms with van der Waals surface area (Å²) >= 11 is 7.53. The number of nitrogens with zero attached hydrogens (tertiary/aromatic N) is 2. The molecule has 0 fully saturated rings. The van der Waals surface area contributed by atoms with Crippen LogP contribution in [0.1, 0.15) is 11.3 Å². The van der Waals surface area contributed by atoms with Crippen LogP contribution in [0.15, 0.2) is 29.9 Å². The van der Waals surface area contributed by atoms with Crippen LogP contribution in [0.5, 0.6) is 0 Å². The van der Waals surface area contributed by atoms with Gasteiger partial charge in [-0.3, -0.25) is 4.68 Å². The van der Waals surface area contributed by atoms with Crippen LogP contribution in [-0.2, 0) is 13.1 Å². The number of hydrogen-bond donors (Lipinski definition) is 1. The first kappa shape index (κ1) is 11.6. The van der Waals surface area contributed by atoms with Crippen molar-refractivity contribution in [2.75, 3.05) is 6.54 Å². The molecule has 0 spiro atoms. The lowest BCUT2D eigenvalue weighted by molar-refractivity contribution is 0.544. The normalized spacial score (nSPS) is 10.8. The predicted octanol–water partition coefficient (Wildman–Crippen LogP) is 2.78. The molecule has 0 unspecified atom stereocenters. The van der Waals surface area contributed by atoms with Gasteiger partial charge in [0.25, 0.3) is 0 Å². The monoisotopic (exact) mass is 255 g/mol. The van der Waals surface area contributed by atoms with Gasteiger partial charge in [0.1, 0.15) is 0 Å². The maximum Gasteiger partial charge on any atom is 0.0516 e. The molecule has 0 aromatic carbocycles. The van der Waals surface area contributed by atoms with Crippen LogP contribution in [0.3, 0.4) is 0 Å². The Balaban J connectivity index is 1.59. The highest BCUT2D eigenvalue weighted by molar-refractivity contribution is 7.10. The van der Waals surface area contributed by atoms with E-state index in [-0.39, 0.29) is 0 Å². The summed E-state index contributed by atoms with van der Waals surface area (Å²) in [5.74, 6) is 0. The molecule has 0 radical (unpaired) electrons. The van der Waals surface area contributed by atoms with E-state index in [9.17, 15) is 0 Å². The van der Waals surface area contributed by atoms with Crippen molar-refractivity contribution in [3.05, 3.63) is 39.8 Å². The van der Waals surface area contributed by atoms with E-state index in [4.69, 9.17) is 11.6 Å². The Morgan fingerprint density at radius 2 is 2.44 bits per heavy atom. The number of halogens is 1. The lowest BCUT2D eigenvalue weighted by Gasteiger charge is -2.03. The third kappa shape index (κ3) is 3.63. The van der Waals surface area contributed by atoms with Crippen molar-refractivity contribution >= 4 is 22.9 Å². The third-order valence-electron chi connectivity index (χ3n) is 2.22. The molecule has 2 heterocycles. The smallest absolute Gasteiger partial charge is 0.0516 e. The molecule has 1 N–H and O–H groups in total. The van der Waals surface area contributed by atoms with Crippen LogP contribution in [0.2, 0.25) is 5.02 Å². The maximum absolute atomic E-state index is 5.84. The van der Waals surface area contributed by atoms with Crippen molar-refractivity contribution in [2.24, 2.45) is 0 Å². The molecule has 86 valence electrons. The number of aryl methyl sites for hydroxylation is 1. The van der Waals surface area contributed by atoms with E-state index >= 15 is 0 Å². The van der Waals surface area contributed by atoms with Crippen LogP contribution in [0.25, 0.3) is 0 Å². The summed E-state index contributed by atoms with van der Waals surface area (Å²) in [6.07, 6.45) is 4.88. The van der Waals surface area contributed by atoms with Gasteiger partial charge < -0.3 is 5.32 Å². The Morgan fingerprint density at radius 1 is 1.50 bits per heavy atom. The topological polar surface area (TPSA) is 29.9 Å². The van der Waals surface area contributed by atoms with E-state index in [2.05, 4.69) is 10.4 Å². The molecule has 0 saturated carbocycles. The number of rotatable bonds is 6. The van der Waals surface area contributed by atoms with Gasteiger partial charge in [0, 0.05) is 35.7 Å². The lowest BCUT2D eigenvalue weighted by Crippen LogP contribution is -2.15. The first-order valence-electron chi connectivity index (χ1n) is 5.25. The van der Waals surface area contributed by atoms with Crippen molar-refractivity contribution < 1.29 is 0 Å². The van der Waals surface area contributed by atoms with Crippen LogP contribution >= 0.6 is 22.9 Å². The van der Waals surface area contributed by atoms with Gasteiger partial charge in [-0.2, -0.15) is 5.10 Å². The van der Waals surface area contributed by atoms with Gasteiger partial charge in [0.05, 0.1) is 5.02 Å². The van der Waals surface area contributed by atoms with E-state index in [1.807, 2.05) is 28.4 Å². The zero-order chi connectivity index (χ0) is 11.2. The summed E-state index contributed by atoms with van der Waals surface area (Å²) in [5.41, 5.74) is 0. The van der Waals surface area contributed by atoms with Gasteiger partial charge in [-0.05, 0) is 25.1 Å². The number of thiophene rings is 1. The molecule has 0 amide bonds. The van der Waals surface area contributed by atoms with Crippen LogP contribution in [0.4, 0.5) is 0 Å². The SMILES string of the molecule is Clc1csc(CNCCCn2cccn2)c1. The first-order chi connectivity index (χ1) is 7.84. The second-order valence-electron chi connectivity index (χ2n) is 3.53. The minimum Gasteiger partial charge on any atom is -0.312 e. The molecule has 5 heteroatoms. The fourth-order valence-electron chi connectivity index (χ4n) is 1.46. The molecule has 0 atom stereocenters. The largest absolute Gasteiger partial charge is 0.312 e. The Bertz CT molecular complexity index is 411. The summed E-state index contributed by atoms with van der Waals surface area (Å²) in [4.78, 5) is 1.28. The highest BCUT2D eigenvalue weighted by atomic mass is 35.5. The molecule has 3 nitrogen and oxygen atoms in total. The predicted molar refractivity (Wildman–Crippen MR) is 67.9 cm³/mol. The molecule has 0 saturated heterocycles. The van der Waals surface area contributed by atoms with E-state index < -0.39 is 0 Å². The second-order valence-corrected chi connectivity index (χ2v) is 4.96. The van der Waals surface area contributed by atoms with E-state index in [0.717, 1.165) is 31.1 Å².